The quantitative estimate of drug-likeness (QED) is 0.425. The van der Waals surface area contributed by atoms with Crippen molar-refractivity contribution in [3.8, 4) is 5.75 Å². The van der Waals surface area contributed by atoms with Crippen LogP contribution in [0.15, 0.2) is 53.6 Å². The molecule has 174 valence electrons. The molecule has 10 heteroatoms. The number of carbonyl (C=O) groups excluding carboxylic acids is 2. The van der Waals surface area contributed by atoms with Gasteiger partial charge in [0.2, 0.25) is 5.91 Å². The molecule has 0 bridgehead atoms. The van der Waals surface area contributed by atoms with Gasteiger partial charge in [-0.3, -0.25) is 19.7 Å². The molecule has 0 spiro atoms. The van der Waals surface area contributed by atoms with E-state index in [2.05, 4.69) is 5.10 Å². The highest BCUT2D eigenvalue weighted by molar-refractivity contribution is 6.03. The maximum Gasteiger partial charge on any atom is 0.269 e. The number of amides is 2. The van der Waals surface area contributed by atoms with Gasteiger partial charge in [0.1, 0.15) is 12.3 Å². The topological polar surface area (TPSA) is 115 Å². The molecule has 2 aromatic carbocycles. The Hall–Kier alpha value is -3.79. The van der Waals surface area contributed by atoms with Gasteiger partial charge in [-0.2, -0.15) is 5.10 Å². The van der Waals surface area contributed by atoms with Crippen molar-refractivity contribution >= 4 is 23.2 Å². The highest BCUT2D eigenvalue weighted by Crippen LogP contribution is 2.34. The minimum atomic E-state index is -0.466. The van der Waals surface area contributed by atoms with E-state index in [1.807, 2.05) is 24.3 Å². The van der Waals surface area contributed by atoms with E-state index in [1.54, 1.807) is 19.2 Å². The first-order chi connectivity index (χ1) is 15.8. The average Bonchev–Trinajstić information content (AvgIpc) is 3.27. The summed E-state index contributed by atoms with van der Waals surface area (Å²) in [6.07, 6.45) is 0.425. The highest BCUT2D eigenvalue weighted by Gasteiger charge is 2.34. The van der Waals surface area contributed by atoms with Gasteiger partial charge < -0.3 is 14.4 Å². The van der Waals surface area contributed by atoms with E-state index in [-0.39, 0.29) is 36.6 Å². The fraction of sp³-hybridized carbons (Fsp3) is 0.348. The Bertz CT molecular complexity index is 1040. The standard InChI is InChI=1S/C23H26N4O6/c1-16(28)25(12-13-32-2)15-23(29)26-22(18-6-10-20(33-3)11-7-18)14-21(24-26)17-4-8-19(9-5-17)27(30)31/h4-11,22H,12-15H2,1-3H3/t22-/m0/s1. The molecule has 1 heterocycles. The zero-order valence-corrected chi connectivity index (χ0v) is 18.8. The van der Waals surface area contributed by atoms with Gasteiger partial charge >= 0.3 is 0 Å². The fourth-order valence-electron chi connectivity index (χ4n) is 3.56. The molecule has 0 fully saturated rings. The van der Waals surface area contributed by atoms with Gasteiger partial charge in [-0.05, 0) is 35.4 Å². The van der Waals surface area contributed by atoms with E-state index in [0.717, 1.165) is 5.56 Å². The van der Waals surface area contributed by atoms with Crippen LogP contribution in [0.1, 0.15) is 30.5 Å². The number of nitro groups is 1. The van der Waals surface area contributed by atoms with Crippen molar-refractivity contribution in [1.29, 1.82) is 0 Å². The number of ether oxygens (including phenoxy) is 2. The Kier molecular flexibility index (Phi) is 7.73. The Morgan fingerprint density at radius 3 is 2.36 bits per heavy atom. The van der Waals surface area contributed by atoms with Crippen LogP contribution in [-0.4, -0.2) is 66.3 Å². The second-order valence-corrected chi connectivity index (χ2v) is 7.52. The molecule has 0 radical (unpaired) electrons. The lowest BCUT2D eigenvalue weighted by Gasteiger charge is -2.26. The first kappa shape index (κ1) is 23.9. The van der Waals surface area contributed by atoms with Crippen LogP contribution < -0.4 is 4.74 Å². The van der Waals surface area contributed by atoms with E-state index >= 15 is 0 Å². The summed E-state index contributed by atoms with van der Waals surface area (Å²) in [5.41, 5.74) is 2.16. The zero-order chi connectivity index (χ0) is 24.0. The molecule has 0 unspecified atom stereocenters. The van der Waals surface area contributed by atoms with Crippen molar-refractivity contribution in [1.82, 2.24) is 9.91 Å². The van der Waals surface area contributed by atoms with Crippen molar-refractivity contribution in [2.75, 3.05) is 33.9 Å². The molecular weight excluding hydrogens is 428 g/mol. The molecule has 0 aromatic heterocycles. The molecule has 1 aliphatic rings. The Balaban J connectivity index is 1.90. The Morgan fingerprint density at radius 1 is 1.15 bits per heavy atom. The summed E-state index contributed by atoms with van der Waals surface area (Å²) < 4.78 is 10.3. The number of nitro benzene ring substituents is 1. The molecule has 0 saturated carbocycles. The number of hydrazone groups is 1. The number of rotatable bonds is 9. The van der Waals surface area contributed by atoms with Gasteiger partial charge in [-0.25, -0.2) is 5.01 Å². The number of hydrogen-bond donors (Lipinski definition) is 0. The van der Waals surface area contributed by atoms with E-state index < -0.39 is 4.92 Å². The van der Waals surface area contributed by atoms with Crippen molar-refractivity contribution in [2.45, 2.75) is 19.4 Å². The Morgan fingerprint density at radius 2 is 1.82 bits per heavy atom. The fourth-order valence-corrected chi connectivity index (χ4v) is 3.56. The maximum atomic E-state index is 13.2. The first-order valence-electron chi connectivity index (χ1n) is 10.4. The van der Waals surface area contributed by atoms with Crippen LogP contribution in [0, 0.1) is 10.1 Å². The van der Waals surface area contributed by atoms with Gasteiger partial charge in [0.15, 0.2) is 0 Å². The summed E-state index contributed by atoms with van der Waals surface area (Å²) in [7, 11) is 3.10. The largest absolute Gasteiger partial charge is 0.497 e. The average molecular weight is 454 g/mol. The molecule has 0 aliphatic carbocycles. The minimum Gasteiger partial charge on any atom is -0.497 e. The number of carbonyl (C=O) groups is 2. The predicted octanol–water partition coefficient (Wildman–Crippen LogP) is 2.78. The van der Waals surface area contributed by atoms with Crippen LogP contribution in [0.2, 0.25) is 0 Å². The SMILES string of the molecule is COCCN(CC(=O)N1N=C(c2ccc([N+](=O)[O-])cc2)C[C@H]1c1ccc(OC)cc1)C(C)=O. The first-order valence-corrected chi connectivity index (χ1v) is 10.4. The van der Waals surface area contributed by atoms with Crippen LogP contribution in [0.3, 0.4) is 0 Å². The molecule has 3 rings (SSSR count). The molecule has 2 aromatic rings. The number of methoxy groups -OCH3 is 2. The molecular formula is C23H26N4O6. The van der Waals surface area contributed by atoms with Crippen molar-refractivity contribution in [2.24, 2.45) is 5.10 Å². The number of non-ortho nitro benzene ring substituents is 1. The van der Waals surface area contributed by atoms with Crippen molar-refractivity contribution in [3.63, 3.8) is 0 Å². The lowest BCUT2D eigenvalue weighted by Crippen LogP contribution is -2.41. The maximum absolute atomic E-state index is 13.2. The number of hydrogen-bond acceptors (Lipinski definition) is 7. The normalized spacial score (nSPS) is 15.2. The minimum absolute atomic E-state index is 0.0211. The molecule has 33 heavy (non-hydrogen) atoms. The molecule has 2 amide bonds. The van der Waals surface area contributed by atoms with Crippen LogP contribution in [0.4, 0.5) is 5.69 Å². The van der Waals surface area contributed by atoms with Crippen LogP contribution in [-0.2, 0) is 14.3 Å². The lowest BCUT2D eigenvalue weighted by atomic mass is 9.98. The van der Waals surface area contributed by atoms with E-state index in [0.29, 0.717) is 30.1 Å². The second kappa shape index (κ2) is 10.7. The third-order valence-corrected chi connectivity index (χ3v) is 5.41. The predicted molar refractivity (Wildman–Crippen MR) is 121 cm³/mol. The molecule has 10 nitrogen and oxygen atoms in total. The van der Waals surface area contributed by atoms with E-state index in [1.165, 1.54) is 36.1 Å². The van der Waals surface area contributed by atoms with E-state index in [4.69, 9.17) is 9.47 Å². The summed E-state index contributed by atoms with van der Waals surface area (Å²) >= 11 is 0. The summed E-state index contributed by atoms with van der Waals surface area (Å²) in [5.74, 6) is 0.118. The smallest absolute Gasteiger partial charge is 0.269 e. The van der Waals surface area contributed by atoms with Gasteiger partial charge in [0.05, 0.1) is 30.4 Å². The summed E-state index contributed by atoms with van der Waals surface area (Å²) in [6.45, 7) is 1.87. The summed E-state index contributed by atoms with van der Waals surface area (Å²) in [6, 6.07) is 13.0. The van der Waals surface area contributed by atoms with Gasteiger partial charge in [0, 0.05) is 39.1 Å². The molecule has 0 N–H and O–H groups in total. The number of benzene rings is 2. The summed E-state index contributed by atoms with van der Waals surface area (Å²) in [4.78, 5) is 37.1. The van der Waals surface area contributed by atoms with E-state index in [9.17, 15) is 19.7 Å². The second-order valence-electron chi connectivity index (χ2n) is 7.52. The van der Waals surface area contributed by atoms with Crippen LogP contribution in [0.25, 0.3) is 0 Å². The van der Waals surface area contributed by atoms with Gasteiger partial charge in [-0.15, -0.1) is 0 Å². The Labute approximate surface area is 191 Å². The third kappa shape index (κ3) is 5.72. The van der Waals surface area contributed by atoms with Crippen LogP contribution in [0.5, 0.6) is 5.75 Å². The highest BCUT2D eigenvalue weighted by atomic mass is 16.6. The molecule has 1 aliphatic heterocycles. The monoisotopic (exact) mass is 454 g/mol. The van der Waals surface area contributed by atoms with Crippen molar-refractivity contribution < 1.29 is 24.0 Å². The van der Waals surface area contributed by atoms with Crippen molar-refractivity contribution in [3.05, 3.63) is 69.8 Å². The number of nitrogens with zero attached hydrogens (tertiary/aromatic N) is 4. The molecule has 1 atom stereocenters. The summed E-state index contributed by atoms with van der Waals surface area (Å²) in [5, 5.41) is 16.9. The third-order valence-electron chi connectivity index (χ3n) is 5.41. The zero-order valence-electron chi connectivity index (χ0n) is 18.8. The van der Waals surface area contributed by atoms with Gasteiger partial charge in [-0.1, -0.05) is 12.1 Å². The lowest BCUT2D eigenvalue weighted by molar-refractivity contribution is -0.384. The molecule has 0 saturated heterocycles. The van der Waals surface area contributed by atoms with Gasteiger partial charge in [0.25, 0.3) is 11.6 Å². The van der Waals surface area contributed by atoms with Crippen LogP contribution >= 0.6 is 0 Å².